The second-order valence-corrected chi connectivity index (χ2v) is 5.66. The predicted octanol–water partition coefficient (Wildman–Crippen LogP) is 2.92. The number of aliphatic hydroxyl groups excluding tert-OH is 1. The Balaban J connectivity index is 2.20. The summed E-state index contributed by atoms with van der Waals surface area (Å²) in [6, 6.07) is 8.03. The third-order valence-electron chi connectivity index (χ3n) is 3.48. The molecule has 0 saturated carbocycles. The maximum atomic E-state index is 9.18. The van der Waals surface area contributed by atoms with E-state index in [-0.39, 0.29) is 6.61 Å². The van der Waals surface area contributed by atoms with Gasteiger partial charge in [0.05, 0.1) is 11.3 Å². The van der Waals surface area contributed by atoms with Gasteiger partial charge in [0, 0.05) is 24.2 Å². The first-order valence-corrected chi connectivity index (χ1v) is 7.09. The minimum Gasteiger partial charge on any atom is -0.396 e. The lowest BCUT2D eigenvalue weighted by molar-refractivity contribution is 0.244. The van der Waals surface area contributed by atoms with Crippen molar-refractivity contribution in [3.8, 4) is 6.07 Å². The summed E-state index contributed by atoms with van der Waals surface area (Å²) in [6.07, 6.45) is 3.15. The molecule has 1 aliphatic heterocycles. The Morgan fingerprint density at radius 1 is 1.50 bits per heavy atom. The Bertz CT molecular complexity index is 454. The molecule has 0 amide bonds. The molecule has 3 nitrogen and oxygen atoms in total. The number of benzene rings is 1. The number of nitrogens with zero attached hydrogens (tertiary/aromatic N) is 2. The normalized spacial score (nSPS) is 19.6. The smallest absolute Gasteiger partial charge is 0.101 e. The van der Waals surface area contributed by atoms with E-state index >= 15 is 0 Å². The zero-order valence-electron chi connectivity index (χ0n) is 10.3. The first kappa shape index (κ1) is 13.4. The summed E-state index contributed by atoms with van der Waals surface area (Å²) in [5.41, 5.74) is 1.73. The molecular weight excluding hydrogens is 292 g/mol. The second kappa shape index (κ2) is 6.21. The summed E-state index contributed by atoms with van der Waals surface area (Å²) in [6.45, 7) is 2.18. The molecule has 18 heavy (non-hydrogen) atoms. The van der Waals surface area contributed by atoms with Crippen molar-refractivity contribution in [2.45, 2.75) is 19.3 Å². The Labute approximate surface area is 116 Å². The number of hydrogen-bond acceptors (Lipinski definition) is 3. The van der Waals surface area contributed by atoms with Crippen LogP contribution >= 0.6 is 15.9 Å². The van der Waals surface area contributed by atoms with Gasteiger partial charge in [0.25, 0.3) is 0 Å². The topological polar surface area (TPSA) is 47.3 Å². The van der Waals surface area contributed by atoms with Crippen LogP contribution in [0.5, 0.6) is 0 Å². The van der Waals surface area contributed by atoms with Crippen molar-refractivity contribution in [1.82, 2.24) is 0 Å². The molecule has 0 aromatic heterocycles. The molecule has 1 aromatic rings. The highest BCUT2D eigenvalue weighted by Crippen LogP contribution is 2.29. The maximum absolute atomic E-state index is 9.18. The van der Waals surface area contributed by atoms with E-state index in [4.69, 9.17) is 5.11 Å². The van der Waals surface area contributed by atoms with Crippen LogP contribution in [0.15, 0.2) is 22.7 Å². The number of anilines is 1. The molecule has 1 aromatic carbocycles. The van der Waals surface area contributed by atoms with Crippen LogP contribution in [0.25, 0.3) is 0 Å². The molecule has 1 aliphatic rings. The van der Waals surface area contributed by atoms with Crippen molar-refractivity contribution in [3.63, 3.8) is 0 Å². The van der Waals surface area contributed by atoms with Gasteiger partial charge in [-0.05, 0) is 43.4 Å². The second-order valence-electron chi connectivity index (χ2n) is 4.74. The number of nitriles is 1. The lowest BCUT2D eigenvalue weighted by atomic mass is 9.94. The van der Waals surface area contributed by atoms with E-state index < -0.39 is 0 Å². The highest BCUT2D eigenvalue weighted by Gasteiger charge is 2.21. The van der Waals surface area contributed by atoms with Gasteiger partial charge in [0.2, 0.25) is 0 Å². The highest BCUT2D eigenvalue weighted by molar-refractivity contribution is 9.10. The zero-order valence-corrected chi connectivity index (χ0v) is 11.9. The largest absolute Gasteiger partial charge is 0.396 e. The maximum Gasteiger partial charge on any atom is 0.101 e. The molecule has 0 spiro atoms. The van der Waals surface area contributed by atoms with Gasteiger partial charge in [-0.15, -0.1) is 0 Å². The summed E-state index contributed by atoms with van der Waals surface area (Å²) in [5.74, 6) is 0.536. The van der Waals surface area contributed by atoms with Crippen LogP contribution in [0.2, 0.25) is 0 Å². The molecule has 0 radical (unpaired) electrons. The number of rotatable bonds is 3. The first-order chi connectivity index (χ1) is 8.74. The monoisotopic (exact) mass is 308 g/mol. The number of aliphatic hydroxyl groups is 1. The quantitative estimate of drug-likeness (QED) is 0.934. The minimum absolute atomic E-state index is 0.252. The Morgan fingerprint density at radius 2 is 2.33 bits per heavy atom. The fourth-order valence-corrected chi connectivity index (χ4v) is 2.91. The van der Waals surface area contributed by atoms with E-state index in [2.05, 4.69) is 26.9 Å². The summed E-state index contributed by atoms with van der Waals surface area (Å²) >= 11 is 3.46. The van der Waals surface area contributed by atoms with E-state index in [0.29, 0.717) is 5.92 Å². The zero-order chi connectivity index (χ0) is 13.0. The van der Waals surface area contributed by atoms with E-state index in [1.807, 2.05) is 18.2 Å². The molecule has 1 N–H and O–H groups in total. The number of hydrogen-bond donors (Lipinski definition) is 1. The predicted molar refractivity (Wildman–Crippen MR) is 75.5 cm³/mol. The van der Waals surface area contributed by atoms with Gasteiger partial charge in [-0.25, -0.2) is 0 Å². The van der Waals surface area contributed by atoms with Gasteiger partial charge < -0.3 is 10.0 Å². The van der Waals surface area contributed by atoms with Gasteiger partial charge in [0.1, 0.15) is 6.07 Å². The van der Waals surface area contributed by atoms with Gasteiger partial charge in [-0.3, -0.25) is 0 Å². The van der Waals surface area contributed by atoms with Crippen molar-refractivity contribution in [2.75, 3.05) is 24.6 Å². The van der Waals surface area contributed by atoms with Crippen LogP contribution < -0.4 is 4.90 Å². The van der Waals surface area contributed by atoms with E-state index in [1.165, 1.54) is 6.42 Å². The van der Waals surface area contributed by atoms with Crippen molar-refractivity contribution < 1.29 is 5.11 Å². The van der Waals surface area contributed by atoms with Crippen LogP contribution in [-0.2, 0) is 0 Å². The summed E-state index contributed by atoms with van der Waals surface area (Å²) < 4.78 is 1.00. The standard InChI is InChI=1S/C14H17BrN2O/c15-13-4-3-12(9-16)14(8-13)17-6-1-2-11(10-17)5-7-18/h3-4,8,11,18H,1-2,5-7,10H2. The SMILES string of the molecule is N#Cc1ccc(Br)cc1N1CCCC(CCO)C1. The van der Waals surface area contributed by atoms with Crippen LogP contribution in [0.1, 0.15) is 24.8 Å². The van der Waals surface area contributed by atoms with Crippen LogP contribution in [0.3, 0.4) is 0 Å². The highest BCUT2D eigenvalue weighted by atomic mass is 79.9. The Kier molecular flexibility index (Phi) is 4.62. The molecule has 0 bridgehead atoms. The van der Waals surface area contributed by atoms with Crippen molar-refractivity contribution >= 4 is 21.6 Å². The van der Waals surface area contributed by atoms with Crippen molar-refractivity contribution in [3.05, 3.63) is 28.2 Å². The molecule has 1 fully saturated rings. The third kappa shape index (κ3) is 3.04. The first-order valence-electron chi connectivity index (χ1n) is 6.30. The molecule has 96 valence electrons. The van der Waals surface area contributed by atoms with Crippen LogP contribution in [-0.4, -0.2) is 24.8 Å². The molecule has 1 atom stereocenters. The molecule has 4 heteroatoms. The number of piperidine rings is 1. The van der Waals surface area contributed by atoms with Crippen molar-refractivity contribution in [1.29, 1.82) is 5.26 Å². The van der Waals surface area contributed by atoms with Gasteiger partial charge in [-0.1, -0.05) is 15.9 Å². The van der Waals surface area contributed by atoms with Gasteiger partial charge in [-0.2, -0.15) is 5.26 Å². The minimum atomic E-state index is 0.252. The Hall–Kier alpha value is -1.05. The van der Waals surface area contributed by atoms with Crippen LogP contribution in [0.4, 0.5) is 5.69 Å². The van der Waals surface area contributed by atoms with Crippen molar-refractivity contribution in [2.24, 2.45) is 5.92 Å². The summed E-state index contributed by atoms with van der Waals surface area (Å²) in [4.78, 5) is 2.27. The number of halogens is 1. The molecule has 1 unspecified atom stereocenters. The molecule has 1 heterocycles. The lowest BCUT2D eigenvalue weighted by Crippen LogP contribution is -2.36. The molecule has 2 rings (SSSR count). The van der Waals surface area contributed by atoms with Gasteiger partial charge in [0.15, 0.2) is 0 Å². The lowest BCUT2D eigenvalue weighted by Gasteiger charge is -2.34. The molecule has 0 aliphatic carbocycles. The van der Waals surface area contributed by atoms with E-state index in [9.17, 15) is 5.26 Å². The fourth-order valence-electron chi connectivity index (χ4n) is 2.56. The van der Waals surface area contributed by atoms with Crippen LogP contribution in [0, 0.1) is 17.2 Å². The summed E-state index contributed by atoms with van der Waals surface area (Å²) in [7, 11) is 0. The fraction of sp³-hybridized carbons (Fsp3) is 0.500. The average molecular weight is 309 g/mol. The van der Waals surface area contributed by atoms with E-state index in [1.54, 1.807) is 0 Å². The molecule has 1 saturated heterocycles. The van der Waals surface area contributed by atoms with E-state index in [0.717, 1.165) is 41.7 Å². The molecular formula is C14H17BrN2O. The van der Waals surface area contributed by atoms with Gasteiger partial charge >= 0.3 is 0 Å². The third-order valence-corrected chi connectivity index (χ3v) is 3.97. The average Bonchev–Trinajstić information content (AvgIpc) is 2.39. The Morgan fingerprint density at radius 3 is 3.06 bits per heavy atom. The summed E-state index contributed by atoms with van der Waals surface area (Å²) in [5, 5.41) is 18.2.